The summed E-state index contributed by atoms with van der Waals surface area (Å²) in [7, 11) is 1.47. The van der Waals surface area contributed by atoms with Gasteiger partial charge in [-0.05, 0) is 43.4 Å². The number of aliphatic carboxylic acids is 1. The van der Waals surface area contributed by atoms with Gasteiger partial charge in [-0.3, -0.25) is 4.79 Å². The van der Waals surface area contributed by atoms with Crippen molar-refractivity contribution >= 4 is 23.4 Å². The number of carboxylic acids is 1. The highest BCUT2D eigenvalue weighted by molar-refractivity contribution is 5.94. The van der Waals surface area contributed by atoms with Gasteiger partial charge in [0.1, 0.15) is 5.82 Å². The summed E-state index contributed by atoms with van der Waals surface area (Å²) in [6, 6.07) is 2.52. The van der Waals surface area contributed by atoms with E-state index in [1.165, 1.54) is 13.2 Å². The Hall–Kier alpha value is -2.61. The first-order valence-electron chi connectivity index (χ1n) is 11.0. The number of nitrogens with one attached hydrogen (secondary N) is 2. The van der Waals surface area contributed by atoms with E-state index in [4.69, 9.17) is 4.74 Å². The molecule has 0 aliphatic rings. The van der Waals surface area contributed by atoms with E-state index in [2.05, 4.69) is 38.3 Å². The van der Waals surface area contributed by atoms with Gasteiger partial charge < -0.3 is 25.4 Å². The molecular weight excluding hydrogens is 413 g/mol. The Morgan fingerprint density at radius 3 is 2.25 bits per heavy atom. The lowest BCUT2D eigenvalue weighted by Gasteiger charge is -2.31. The molecule has 0 saturated heterocycles. The first kappa shape index (κ1) is 27.4. The Morgan fingerprint density at radius 2 is 1.78 bits per heavy atom. The summed E-state index contributed by atoms with van der Waals surface area (Å²) in [5.74, 6) is -1.52. The van der Waals surface area contributed by atoms with Crippen LogP contribution < -0.4 is 15.5 Å². The third-order valence-corrected chi connectivity index (χ3v) is 4.83. The molecule has 1 atom stereocenters. The van der Waals surface area contributed by atoms with Crippen LogP contribution in [-0.4, -0.2) is 43.9 Å². The van der Waals surface area contributed by atoms with Gasteiger partial charge in [0.05, 0.1) is 24.4 Å². The highest BCUT2D eigenvalue weighted by Crippen LogP contribution is 2.35. The number of halogens is 1. The van der Waals surface area contributed by atoms with Gasteiger partial charge >= 0.3 is 12.0 Å². The molecule has 1 aromatic rings. The lowest BCUT2D eigenvalue weighted by molar-refractivity contribution is -0.137. The normalized spacial score (nSPS) is 12.8. The van der Waals surface area contributed by atoms with Crippen molar-refractivity contribution in [2.24, 2.45) is 11.8 Å². The Bertz CT molecular complexity index is 799. The van der Waals surface area contributed by atoms with E-state index in [1.807, 2.05) is 4.90 Å². The quantitative estimate of drug-likeness (QED) is 0.407. The number of hydrogen-bond acceptors (Lipinski definition) is 4. The van der Waals surface area contributed by atoms with Gasteiger partial charge in [0.2, 0.25) is 0 Å². The smallest absolute Gasteiger partial charge is 0.323 e. The Labute approximate surface area is 191 Å². The SMILES string of the molecule is C/C=C(\C)NC(=O)Nc1cc(C(COC)CC(=O)O)cc(F)c1N(CC(C)C)CC(C)C. The second kappa shape index (κ2) is 13.1. The lowest BCUT2D eigenvalue weighted by atomic mass is 9.94. The topological polar surface area (TPSA) is 90.9 Å². The zero-order valence-electron chi connectivity index (χ0n) is 20.3. The molecule has 1 unspecified atom stereocenters. The maximum Gasteiger partial charge on any atom is 0.323 e. The van der Waals surface area contributed by atoms with Gasteiger partial charge in [0.25, 0.3) is 0 Å². The molecule has 0 fully saturated rings. The van der Waals surface area contributed by atoms with Crippen molar-refractivity contribution in [2.75, 3.05) is 37.0 Å². The number of methoxy groups -OCH3 is 1. The van der Waals surface area contributed by atoms with Gasteiger partial charge in [0.15, 0.2) is 0 Å². The second-order valence-electron chi connectivity index (χ2n) is 8.89. The fourth-order valence-electron chi connectivity index (χ4n) is 3.50. The minimum atomic E-state index is -1.01. The van der Waals surface area contributed by atoms with Gasteiger partial charge in [-0.15, -0.1) is 0 Å². The fourth-order valence-corrected chi connectivity index (χ4v) is 3.50. The van der Waals surface area contributed by atoms with Gasteiger partial charge in [-0.25, -0.2) is 9.18 Å². The molecule has 0 aliphatic heterocycles. The summed E-state index contributed by atoms with van der Waals surface area (Å²) in [5.41, 5.74) is 1.72. The first-order valence-corrected chi connectivity index (χ1v) is 11.0. The van der Waals surface area contributed by atoms with Gasteiger partial charge in [0, 0.05) is 31.8 Å². The molecule has 2 amide bonds. The Balaban J connectivity index is 3.56. The van der Waals surface area contributed by atoms with Crippen LogP contribution in [0.4, 0.5) is 20.6 Å². The maximum atomic E-state index is 15.6. The largest absolute Gasteiger partial charge is 0.481 e. The fraction of sp³-hybridized carbons (Fsp3) is 0.583. The van der Waals surface area contributed by atoms with Crippen molar-refractivity contribution in [3.8, 4) is 0 Å². The average molecular weight is 452 g/mol. The standard InChI is InChI=1S/C24H38FN3O4/c1-8-17(6)26-24(31)27-21-10-18(19(14-32-7)11-22(29)30)9-20(25)23(21)28(12-15(2)3)13-16(4)5/h8-10,15-16,19H,11-14H2,1-7H3,(H,29,30)(H2,26,27,31)/b17-8+. The number of anilines is 2. The monoisotopic (exact) mass is 451 g/mol. The zero-order valence-corrected chi connectivity index (χ0v) is 20.3. The highest BCUT2D eigenvalue weighted by atomic mass is 19.1. The second-order valence-corrected chi connectivity index (χ2v) is 8.89. The van der Waals surface area contributed by atoms with E-state index in [0.717, 1.165) is 0 Å². The average Bonchev–Trinajstić information content (AvgIpc) is 2.65. The van der Waals surface area contributed by atoms with Crippen LogP contribution in [0, 0.1) is 17.7 Å². The molecule has 180 valence electrons. The van der Waals surface area contributed by atoms with E-state index in [9.17, 15) is 14.7 Å². The summed E-state index contributed by atoms with van der Waals surface area (Å²) in [4.78, 5) is 25.8. The Morgan fingerprint density at radius 1 is 1.19 bits per heavy atom. The minimum absolute atomic E-state index is 0.121. The third-order valence-electron chi connectivity index (χ3n) is 4.83. The van der Waals surface area contributed by atoms with E-state index in [-0.39, 0.29) is 24.9 Å². The number of carbonyl (C=O) groups excluding carboxylic acids is 1. The summed E-state index contributed by atoms with van der Waals surface area (Å²) in [6.07, 6.45) is 1.54. The van der Waals surface area contributed by atoms with Gasteiger partial charge in [-0.1, -0.05) is 33.8 Å². The molecule has 0 saturated carbocycles. The number of allylic oxidation sites excluding steroid dienone is 2. The number of rotatable bonds is 12. The van der Waals surface area contributed by atoms with Crippen LogP contribution in [0.3, 0.4) is 0 Å². The van der Waals surface area contributed by atoms with Crippen LogP contribution in [-0.2, 0) is 9.53 Å². The molecule has 0 aliphatic carbocycles. The number of carbonyl (C=O) groups is 2. The lowest BCUT2D eigenvalue weighted by Crippen LogP contribution is -2.34. The van der Waals surface area contributed by atoms with E-state index in [1.54, 1.807) is 26.0 Å². The molecule has 0 heterocycles. The van der Waals surface area contributed by atoms with Crippen LogP contribution in [0.25, 0.3) is 0 Å². The number of ether oxygens (including phenoxy) is 1. The van der Waals surface area contributed by atoms with Crippen molar-refractivity contribution in [3.63, 3.8) is 0 Å². The zero-order chi connectivity index (χ0) is 24.4. The Kier molecular flexibility index (Phi) is 11.2. The molecule has 0 bridgehead atoms. The van der Waals surface area contributed by atoms with Crippen molar-refractivity contribution in [3.05, 3.63) is 35.3 Å². The van der Waals surface area contributed by atoms with Crippen molar-refractivity contribution < 1.29 is 23.8 Å². The summed E-state index contributed by atoms with van der Waals surface area (Å²) >= 11 is 0. The van der Waals surface area contributed by atoms with Crippen LogP contribution in [0.1, 0.15) is 59.4 Å². The molecular formula is C24H38FN3O4. The number of hydrogen-bond donors (Lipinski definition) is 3. The van der Waals surface area contributed by atoms with E-state index < -0.39 is 23.7 Å². The van der Waals surface area contributed by atoms with E-state index >= 15 is 4.39 Å². The van der Waals surface area contributed by atoms with Crippen LogP contribution in [0.15, 0.2) is 23.9 Å². The number of urea groups is 1. The number of nitrogens with zero attached hydrogens (tertiary/aromatic N) is 1. The minimum Gasteiger partial charge on any atom is -0.481 e. The molecule has 3 N–H and O–H groups in total. The molecule has 0 radical (unpaired) electrons. The number of carboxylic acid groups (broad SMARTS) is 1. The summed E-state index contributed by atoms with van der Waals surface area (Å²) in [6.45, 7) is 13.1. The molecule has 8 heteroatoms. The van der Waals surface area contributed by atoms with Crippen LogP contribution in [0.2, 0.25) is 0 Å². The summed E-state index contributed by atoms with van der Waals surface area (Å²) < 4.78 is 20.7. The first-order chi connectivity index (χ1) is 15.0. The predicted molar refractivity (Wildman–Crippen MR) is 127 cm³/mol. The van der Waals surface area contributed by atoms with Crippen LogP contribution >= 0.6 is 0 Å². The number of benzene rings is 1. The molecule has 7 nitrogen and oxygen atoms in total. The molecule has 0 spiro atoms. The molecule has 0 aromatic heterocycles. The van der Waals surface area contributed by atoms with Gasteiger partial charge in [-0.2, -0.15) is 0 Å². The third kappa shape index (κ3) is 8.86. The molecule has 1 rings (SSSR count). The highest BCUT2D eigenvalue weighted by Gasteiger charge is 2.24. The van der Waals surface area contributed by atoms with Crippen molar-refractivity contribution in [1.29, 1.82) is 0 Å². The van der Waals surface area contributed by atoms with E-state index in [0.29, 0.717) is 35.7 Å². The molecule has 1 aromatic carbocycles. The van der Waals surface area contributed by atoms with Crippen molar-refractivity contribution in [1.82, 2.24) is 5.32 Å². The van der Waals surface area contributed by atoms with Crippen LogP contribution in [0.5, 0.6) is 0 Å². The van der Waals surface area contributed by atoms with Crippen molar-refractivity contribution in [2.45, 2.75) is 53.9 Å². The maximum absolute atomic E-state index is 15.6. The number of amides is 2. The summed E-state index contributed by atoms with van der Waals surface area (Å²) in [5, 5.41) is 14.8. The molecule has 32 heavy (non-hydrogen) atoms. The predicted octanol–water partition coefficient (Wildman–Crippen LogP) is 5.19.